The van der Waals surface area contributed by atoms with Crippen LogP contribution in [0.2, 0.25) is 0 Å². The largest absolute Gasteiger partial charge is 0.497 e. The fraction of sp³-hybridized carbons (Fsp3) is 0.312. The molecule has 2 aromatic heterocycles. The number of ether oxygens (including phenoxy) is 1. The molecule has 0 fully saturated rings. The van der Waals surface area contributed by atoms with Gasteiger partial charge in [-0.3, -0.25) is 0 Å². The molecule has 0 saturated carbocycles. The Balaban J connectivity index is 2.09. The normalized spacial score (nSPS) is 11.2. The van der Waals surface area contributed by atoms with Crippen molar-refractivity contribution in [2.24, 2.45) is 0 Å². The predicted molar refractivity (Wildman–Crippen MR) is 88.9 cm³/mol. The Kier molecular flexibility index (Phi) is 4.17. The Hall–Kier alpha value is -1.52. The third kappa shape index (κ3) is 2.92. The number of benzene rings is 1. The number of thiophene rings is 1. The van der Waals surface area contributed by atoms with E-state index in [4.69, 9.17) is 21.3 Å². The maximum Gasteiger partial charge on any atom is 0.121 e. The number of hydrogen-bond donors (Lipinski definition) is 0. The van der Waals surface area contributed by atoms with Gasteiger partial charge in [-0.1, -0.05) is 0 Å². The van der Waals surface area contributed by atoms with Gasteiger partial charge >= 0.3 is 0 Å². The molecule has 3 rings (SSSR count). The minimum absolute atomic E-state index is 0.573. The zero-order valence-corrected chi connectivity index (χ0v) is 13.7. The molecule has 0 aliphatic heterocycles. The van der Waals surface area contributed by atoms with Gasteiger partial charge in [-0.05, 0) is 31.2 Å². The van der Waals surface area contributed by atoms with Crippen LogP contribution >= 0.6 is 22.9 Å². The van der Waals surface area contributed by atoms with E-state index >= 15 is 0 Å². The van der Waals surface area contributed by atoms with Gasteiger partial charge in [0.05, 0.1) is 24.7 Å². The van der Waals surface area contributed by atoms with E-state index in [1.807, 2.05) is 29.5 Å². The maximum atomic E-state index is 5.93. The average molecular weight is 321 g/mol. The molecule has 0 bridgehead atoms. The van der Waals surface area contributed by atoms with Gasteiger partial charge in [0.2, 0.25) is 0 Å². The van der Waals surface area contributed by atoms with Gasteiger partial charge in [-0.15, -0.1) is 22.9 Å². The first-order valence-corrected chi connectivity index (χ1v) is 8.21. The molecule has 0 aliphatic rings. The van der Waals surface area contributed by atoms with Gasteiger partial charge in [0.1, 0.15) is 11.6 Å². The number of aryl methyl sites for hydroxylation is 2. The lowest BCUT2D eigenvalue weighted by atomic mass is 10.3. The topological polar surface area (TPSA) is 27.1 Å². The van der Waals surface area contributed by atoms with Crippen molar-refractivity contribution >= 4 is 34.0 Å². The summed E-state index contributed by atoms with van der Waals surface area (Å²) < 4.78 is 7.58. The van der Waals surface area contributed by atoms with Gasteiger partial charge in [-0.2, -0.15) is 0 Å². The Morgan fingerprint density at radius 2 is 2.14 bits per heavy atom. The molecule has 3 aromatic rings. The first-order chi connectivity index (χ1) is 10.2. The molecule has 0 aliphatic carbocycles. The van der Waals surface area contributed by atoms with Crippen molar-refractivity contribution in [1.29, 1.82) is 0 Å². The van der Waals surface area contributed by atoms with Crippen LogP contribution in [-0.4, -0.2) is 22.5 Å². The first kappa shape index (κ1) is 14.4. The number of halogens is 1. The zero-order valence-electron chi connectivity index (χ0n) is 12.1. The van der Waals surface area contributed by atoms with Gasteiger partial charge in [0.25, 0.3) is 0 Å². The van der Waals surface area contributed by atoms with E-state index in [-0.39, 0.29) is 0 Å². The number of imidazole rings is 1. The lowest BCUT2D eigenvalue weighted by molar-refractivity contribution is 0.415. The van der Waals surface area contributed by atoms with Crippen LogP contribution in [0.3, 0.4) is 0 Å². The van der Waals surface area contributed by atoms with E-state index in [1.54, 1.807) is 7.11 Å². The Labute approximate surface area is 133 Å². The van der Waals surface area contributed by atoms with E-state index in [0.29, 0.717) is 5.88 Å². The summed E-state index contributed by atoms with van der Waals surface area (Å²) in [5.41, 5.74) is 2.09. The monoisotopic (exact) mass is 320 g/mol. The van der Waals surface area contributed by atoms with Crippen molar-refractivity contribution in [3.05, 3.63) is 45.9 Å². The van der Waals surface area contributed by atoms with Crippen molar-refractivity contribution in [1.82, 2.24) is 9.55 Å². The lowest BCUT2D eigenvalue weighted by Gasteiger charge is -2.08. The third-order valence-electron chi connectivity index (χ3n) is 3.46. The number of methoxy groups -OCH3 is 1. The highest BCUT2D eigenvalue weighted by molar-refractivity contribution is 7.11. The van der Waals surface area contributed by atoms with Crippen LogP contribution in [-0.2, 0) is 13.0 Å². The molecule has 0 atom stereocenters. The molecule has 0 N–H and O–H groups in total. The predicted octanol–water partition coefficient (Wildman–Crippen LogP) is 4.24. The minimum Gasteiger partial charge on any atom is -0.497 e. The van der Waals surface area contributed by atoms with Crippen molar-refractivity contribution in [2.75, 3.05) is 13.0 Å². The van der Waals surface area contributed by atoms with E-state index in [9.17, 15) is 0 Å². The van der Waals surface area contributed by atoms with Gasteiger partial charge in [0, 0.05) is 28.1 Å². The summed E-state index contributed by atoms with van der Waals surface area (Å²) in [6.07, 6.45) is 0.767. The number of hydrogen-bond acceptors (Lipinski definition) is 3. The first-order valence-electron chi connectivity index (χ1n) is 6.85. The van der Waals surface area contributed by atoms with Gasteiger partial charge in [0.15, 0.2) is 0 Å². The number of fused-ring (bicyclic) bond motifs is 1. The zero-order chi connectivity index (χ0) is 14.8. The van der Waals surface area contributed by atoms with Crippen LogP contribution in [0, 0.1) is 6.92 Å². The molecule has 0 radical (unpaired) electrons. The molecule has 1 aromatic carbocycles. The lowest BCUT2D eigenvalue weighted by Crippen LogP contribution is -2.05. The van der Waals surface area contributed by atoms with E-state index < -0.39 is 0 Å². The van der Waals surface area contributed by atoms with Crippen LogP contribution in [0.15, 0.2) is 30.3 Å². The molecule has 3 nitrogen and oxygen atoms in total. The van der Waals surface area contributed by atoms with Crippen molar-refractivity contribution in [3.8, 4) is 5.75 Å². The fourth-order valence-electron chi connectivity index (χ4n) is 2.46. The third-order valence-corrected chi connectivity index (χ3v) is 4.64. The molecule has 5 heteroatoms. The molecule has 0 amide bonds. The molecule has 21 heavy (non-hydrogen) atoms. The molecular weight excluding hydrogens is 304 g/mol. The summed E-state index contributed by atoms with van der Waals surface area (Å²) in [7, 11) is 1.68. The van der Waals surface area contributed by atoms with E-state index in [0.717, 1.165) is 35.6 Å². The fourth-order valence-corrected chi connectivity index (χ4v) is 3.51. The van der Waals surface area contributed by atoms with Crippen LogP contribution in [0.1, 0.15) is 15.6 Å². The molecule has 110 valence electrons. The second-order valence-corrected chi connectivity index (χ2v) is 6.67. The summed E-state index contributed by atoms with van der Waals surface area (Å²) in [5.74, 6) is 2.45. The van der Waals surface area contributed by atoms with Crippen molar-refractivity contribution in [2.45, 2.75) is 19.9 Å². The maximum absolute atomic E-state index is 5.93. The minimum atomic E-state index is 0.573. The quantitative estimate of drug-likeness (QED) is 0.657. The second kappa shape index (κ2) is 6.08. The number of rotatable bonds is 5. The van der Waals surface area contributed by atoms with Crippen LogP contribution in [0.25, 0.3) is 11.0 Å². The van der Waals surface area contributed by atoms with Gasteiger partial charge < -0.3 is 9.30 Å². The summed E-state index contributed by atoms with van der Waals surface area (Å²) >= 11 is 7.74. The summed E-state index contributed by atoms with van der Waals surface area (Å²) in [5, 5.41) is 0. The highest BCUT2D eigenvalue weighted by atomic mass is 35.5. The number of alkyl halides is 1. The van der Waals surface area contributed by atoms with Crippen LogP contribution in [0.4, 0.5) is 0 Å². The number of aromatic nitrogens is 2. The van der Waals surface area contributed by atoms with E-state index in [1.165, 1.54) is 9.75 Å². The molecule has 2 heterocycles. The van der Waals surface area contributed by atoms with E-state index in [2.05, 4.69) is 23.6 Å². The van der Waals surface area contributed by atoms with Gasteiger partial charge in [-0.25, -0.2) is 4.98 Å². The highest BCUT2D eigenvalue weighted by Crippen LogP contribution is 2.25. The summed E-state index contributed by atoms with van der Waals surface area (Å²) in [6, 6.07) is 10.3. The Morgan fingerprint density at radius 1 is 1.29 bits per heavy atom. The molecular formula is C16H17ClN2OS. The standard InChI is InChI=1S/C16H17ClN2OS/c1-11-3-5-13(21-11)10-19-15-9-12(20-2)4-6-14(15)18-16(19)7-8-17/h3-6,9H,7-8,10H2,1-2H3. The SMILES string of the molecule is COc1ccc2nc(CCCl)n(Cc3ccc(C)s3)c2c1. The van der Waals surface area contributed by atoms with Crippen molar-refractivity contribution in [3.63, 3.8) is 0 Å². The highest BCUT2D eigenvalue weighted by Gasteiger charge is 2.12. The Bertz CT molecular complexity index is 763. The van der Waals surface area contributed by atoms with Crippen LogP contribution < -0.4 is 4.74 Å². The summed E-state index contributed by atoms with van der Waals surface area (Å²) in [6.45, 7) is 2.96. The summed E-state index contributed by atoms with van der Waals surface area (Å²) in [4.78, 5) is 7.36. The second-order valence-electron chi connectivity index (χ2n) is 4.92. The van der Waals surface area contributed by atoms with Crippen LogP contribution in [0.5, 0.6) is 5.75 Å². The molecule has 0 spiro atoms. The number of nitrogens with zero attached hydrogens (tertiary/aromatic N) is 2. The smallest absolute Gasteiger partial charge is 0.121 e. The molecule has 0 unspecified atom stereocenters. The van der Waals surface area contributed by atoms with Crippen molar-refractivity contribution < 1.29 is 4.74 Å². The molecule has 0 saturated heterocycles. The average Bonchev–Trinajstić information content (AvgIpc) is 3.04. The Morgan fingerprint density at radius 3 is 2.81 bits per heavy atom.